The van der Waals surface area contributed by atoms with Crippen molar-refractivity contribution >= 4 is 35.1 Å². The molecule has 1 atom stereocenters. The van der Waals surface area contributed by atoms with E-state index in [4.69, 9.17) is 10.3 Å². The summed E-state index contributed by atoms with van der Waals surface area (Å²) in [5.74, 6) is -0.392. The van der Waals surface area contributed by atoms with E-state index in [1.165, 1.54) is 4.90 Å². The van der Waals surface area contributed by atoms with Gasteiger partial charge in [0.2, 0.25) is 6.17 Å². The molecule has 3 aromatic rings. The van der Waals surface area contributed by atoms with Crippen LogP contribution in [0.3, 0.4) is 0 Å². The number of benzodiazepines with no additional fused rings is 1. The predicted octanol–water partition coefficient (Wildman–Crippen LogP) is 4.18. The van der Waals surface area contributed by atoms with E-state index >= 15 is 0 Å². The molecule has 198 valence electrons. The van der Waals surface area contributed by atoms with Crippen LogP contribution in [0, 0.1) is 0 Å². The quantitative estimate of drug-likeness (QED) is 0.174. The summed E-state index contributed by atoms with van der Waals surface area (Å²) in [6.07, 6.45) is -1.83. The van der Waals surface area contributed by atoms with Gasteiger partial charge in [-0.05, 0) is 29.3 Å². The van der Waals surface area contributed by atoms with Crippen LogP contribution in [0.2, 0.25) is 0 Å². The molecule has 12 nitrogen and oxygen atoms in total. The number of urea groups is 1. The number of alkyl carbamates (subject to hydrolysis) is 1. The highest BCUT2D eigenvalue weighted by Crippen LogP contribution is 2.27. The van der Waals surface area contributed by atoms with Crippen molar-refractivity contribution in [3.63, 3.8) is 0 Å². The fraction of sp³-hybridized carbons (Fsp3) is 0.185. The molecule has 1 heterocycles. The number of aliphatic imine (C=N–C) groups is 1. The average molecular weight is 527 g/mol. The van der Waals surface area contributed by atoms with Gasteiger partial charge in [0.25, 0.3) is 5.91 Å². The number of carbonyl (C=O) groups is 3. The van der Waals surface area contributed by atoms with Crippen LogP contribution in [-0.2, 0) is 16.1 Å². The summed E-state index contributed by atoms with van der Waals surface area (Å²) >= 11 is 0. The Hall–Kier alpha value is -5.35. The summed E-state index contributed by atoms with van der Waals surface area (Å²) in [6.45, 7) is 0.223. The van der Waals surface area contributed by atoms with Gasteiger partial charge in [-0.25, -0.2) is 14.6 Å². The van der Waals surface area contributed by atoms with Crippen molar-refractivity contribution in [3.05, 3.63) is 106 Å². The summed E-state index contributed by atoms with van der Waals surface area (Å²) in [5.41, 5.74) is 12.2. The first kappa shape index (κ1) is 26.7. The molecule has 39 heavy (non-hydrogen) atoms. The van der Waals surface area contributed by atoms with Crippen molar-refractivity contribution in [1.82, 2.24) is 10.6 Å². The third-order valence-electron chi connectivity index (χ3n) is 5.76. The molecule has 0 bridgehead atoms. The zero-order chi connectivity index (χ0) is 27.6. The third kappa shape index (κ3) is 6.90. The summed E-state index contributed by atoms with van der Waals surface area (Å²) in [4.78, 5) is 46.7. The molecule has 0 fully saturated rings. The topological polar surface area (TPSA) is 161 Å². The summed E-state index contributed by atoms with van der Waals surface area (Å²) in [7, 11) is 1.65. The highest BCUT2D eigenvalue weighted by molar-refractivity contribution is 6.20. The smallest absolute Gasteiger partial charge is 0.407 e. The Morgan fingerprint density at radius 3 is 2.64 bits per heavy atom. The van der Waals surface area contributed by atoms with Crippen molar-refractivity contribution in [3.8, 4) is 0 Å². The fourth-order valence-electron chi connectivity index (χ4n) is 3.93. The molecule has 0 saturated carbocycles. The largest absolute Gasteiger partial charge is 0.445 e. The standard InChI is InChI=1S/C27H26N8O4/c1-35-22-13-6-5-12-21(22)23(19-9-3-2-4-10-19)32-24(25(35)36)33-26(37)31-20-11-7-8-18(16-20)17-39-27(38)29-14-15-30-34-28/h2-13,16,24H,14-15,17H2,1H3,(H,29,38)(H2,31,33,37)/t24-/m0/s1. The lowest BCUT2D eigenvalue weighted by molar-refractivity contribution is -0.119. The van der Waals surface area contributed by atoms with Crippen LogP contribution in [0.1, 0.15) is 16.7 Å². The molecule has 3 aromatic carbocycles. The number of ether oxygens (including phenoxy) is 1. The van der Waals surface area contributed by atoms with E-state index in [0.29, 0.717) is 22.6 Å². The number of hydrogen-bond donors (Lipinski definition) is 3. The van der Waals surface area contributed by atoms with Crippen LogP contribution >= 0.6 is 0 Å². The zero-order valence-electron chi connectivity index (χ0n) is 21.1. The molecule has 1 aliphatic heterocycles. The number of anilines is 2. The number of benzene rings is 3. The van der Waals surface area contributed by atoms with E-state index < -0.39 is 24.2 Å². The Kier molecular flexibility index (Phi) is 8.73. The lowest BCUT2D eigenvalue weighted by atomic mass is 10.0. The van der Waals surface area contributed by atoms with E-state index in [1.807, 2.05) is 54.6 Å². The van der Waals surface area contributed by atoms with Crippen LogP contribution in [0.5, 0.6) is 0 Å². The molecule has 0 unspecified atom stereocenters. The van der Waals surface area contributed by atoms with Crippen LogP contribution in [0.15, 0.2) is 89.0 Å². The number of rotatable bonds is 8. The van der Waals surface area contributed by atoms with Gasteiger partial charge in [-0.3, -0.25) is 4.79 Å². The molecule has 0 aromatic heterocycles. The Morgan fingerprint density at radius 1 is 1.08 bits per heavy atom. The molecule has 3 N–H and O–H groups in total. The molecule has 0 radical (unpaired) electrons. The maximum Gasteiger partial charge on any atom is 0.407 e. The maximum atomic E-state index is 13.3. The summed E-state index contributed by atoms with van der Waals surface area (Å²) in [6, 6.07) is 23.0. The molecular formula is C27H26N8O4. The minimum Gasteiger partial charge on any atom is -0.445 e. The van der Waals surface area contributed by atoms with E-state index in [-0.39, 0.29) is 19.7 Å². The first-order valence-corrected chi connectivity index (χ1v) is 12.0. The number of nitrogens with zero attached hydrogens (tertiary/aromatic N) is 5. The summed E-state index contributed by atoms with van der Waals surface area (Å²) < 4.78 is 5.13. The van der Waals surface area contributed by atoms with Crippen LogP contribution in [0.25, 0.3) is 10.4 Å². The van der Waals surface area contributed by atoms with Gasteiger partial charge in [0.05, 0.1) is 11.4 Å². The molecule has 4 rings (SSSR count). The second-order valence-corrected chi connectivity index (χ2v) is 8.42. The van der Waals surface area contributed by atoms with Gasteiger partial charge >= 0.3 is 12.1 Å². The minimum absolute atomic E-state index is 0.0423. The zero-order valence-corrected chi connectivity index (χ0v) is 21.1. The molecule has 0 aliphatic carbocycles. The number of hydrogen-bond acceptors (Lipinski definition) is 6. The Bertz CT molecular complexity index is 1440. The molecular weight excluding hydrogens is 500 g/mol. The van der Waals surface area contributed by atoms with E-state index in [0.717, 1.165) is 11.1 Å². The number of amides is 4. The van der Waals surface area contributed by atoms with E-state index in [9.17, 15) is 14.4 Å². The molecule has 12 heteroatoms. The normalized spacial score (nSPS) is 14.2. The number of nitrogens with one attached hydrogen (secondary N) is 3. The monoisotopic (exact) mass is 526 g/mol. The van der Waals surface area contributed by atoms with E-state index in [1.54, 1.807) is 31.3 Å². The number of likely N-dealkylation sites (N-methyl/N-ethyl adjacent to an activating group) is 1. The van der Waals surface area contributed by atoms with Crippen molar-refractivity contribution < 1.29 is 19.1 Å². The van der Waals surface area contributed by atoms with E-state index in [2.05, 4.69) is 31.0 Å². The van der Waals surface area contributed by atoms with Gasteiger partial charge in [-0.2, -0.15) is 0 Å². The Morgan fingerprint density at radius 2 is 1.85 bits per heavy atom. The second kappa shape index (κ2) is 12.7. The van der Waals surface area contributed by atoms with Crippen LogP contribution < -0.4 is 20.9 Å². The number of carbonyl (C=O) groups excluding carboxylic acids is 3. The van der Waals surface area contributed by atoms with Crippen LogP contribution in [0.4, 0.5) is 21.0 Å². The van der Waals surface area contributed by atoms with Gasteiger partial charge < -0.3 is 25.6 Å². The summed E-state index contributed by atoms with van der Waals surface area (Å²) in [5, 5.41) is 11.2. The fourth-order valence-corrected chi connectivity index (χ4v) is 3.93. The Labute approximate surface area is 224 Å². The second-order valence-electron chi connectivity index (χ2n) is 8.42. The number of fused-ring (bicyclic) bond motifs is 1. The first-order valence-electron chi connectivity index (χ1n) is 12.0. The lowest BCUT2D eigenvalue weighted by Gasteiger charge is -2.21. The Balaban J connectivity index is 1.45. The SMILES string of the molecule is CN1C(=O)[C@H](NC(=O)Nc2cccc(COC(=O)NCCN=[N+]=[N-])c2)N=C(c2ccccc2)c2ccccc21. The highest BCUT2D eigenvalue weighted by Gasteiger charge is 2.30. The number of para-hydroxylation sites is 1. The van der Waals surface area contributed by atoms with Crippen molar-refractivity contribution in [2.75, 3.05) is 30.4 Å². The van der Waals surface area contributed by atoms with Crippen LogP contribution in [-0.4, -0.2) is 50.0 Å². The average Bonchev–Trinajstić information content (AvgIpc) is 3.05. The molecule has 4 amide bonds. The third-order valence-corrected chi connectivity index (χ3v) is 5.76. The van der Waals surface area contributed by atoms with Gasteiger partial charge in [0.1, 0.15) is 6.61 Å². The van der Waals surface area contributed by atoms with Crippen molar-refractivity contribution in [1.29, 1.82) is 0 Å². The van der Waals surface area contributed by atoms with Crippen molar-refractivity contribution in [2.24, 2.45) is 10.1 Å². The van der Waals surface area contributed by atoms with Gasteiger partial charge in [-0.1, -0.05) is 65.8 Å². The molecule has 0 spiro atoms. The van der Waals surface area contributed by atoms with Gasteiger partial charge in [0.15, 0.2) is 0 Å². The van der Waals surface area contributed by atoms with Crippen molar-refractivity contribution in [2.45, 2.75) is 12.8 Å². The maximum absolute atomic E-state index is 13.3. The molecule has 1 aliphatic rings. The predicted molar refractivity (Wildman–Crippen MR) is 147 cm³/mol. The lowest BCUT2D eigenvalue weighted by Crippen LogP contribution is -2.47. The molecule has 0 saturated heterocycles. The van der Waals surface area contributed by atoms with Gasteiger partial charge in [-0.15, -0.1) is 0 Å². The first-order chi connectivity index (χ1) is 19.0. The number of azide groups is 1. The highest BCUT2D eigenvalue weighted by atomic mass is 16.5. The minimum atomic E-state index is -1.17. The van der Waals surface area contributed by atoms with Gasteiger partial charge in [0, 0.05) is 41.9 Å².